The molecule has 124 valence electrons. The van der Waals surface area contributed by atoms with Crippen LogP contribution in [0.3, 0.4) is 0 Å². The second kappa shape index (κ2) is 7.40. The van der Waals surface area contributed by atoms with Gasteiger partial charge in [0, 0.05) is 12.6 Å². The van der Waals surface area contributed by atoms with Crippen molar-refractivity contribution in [2.75, 3.05) is 13.2 Å². The first-order chi connectivity index (χ1) is 11.7. The van der Waals surface area contributed by atoms with Gasteiger partial charge in [0.2, 0.25) is 0 Å². The first kappa shape index (κ1) is 16.4. The van der Waals surface area contributed by atoms with Gasteiger partial charge in [-0.25, -0.2) is 4.99 Å². The van der Waals surface area contributed by atoms with Gasteiger partial charge in [0.15, 0.2) is 5.17 Å². The van der Waals surface area contributed by atoms with Gasteiger partial charge in [-0.2, -0.15) is 0 Å². The second-order valence-electron chi connectivity index (χ2n) is 5.00. The number of nitrogens with zero attached hydrogens (tertiary/aromatic N) is 2. The number of aliphatic imine (C=N–C) groups is 1. The number of likely N-dealkylation sites (N-methyl/N-ethyl adjacent to an activating group) is 1. The molecule has 1 aliphatic rings. The Balaban J connectivity index is 1.85. The van der Waals surface area contributed by atoms with Gasteiger partial charge in [-0.05, 0) is 62.0 Å². The number of hydrogen-bond acceptors (Lipinski definition) is 5. The number of amides is 1. The molecule has 1 amide bonds. The van der Waals surface area contributed by atoms with E-state index in [1.807, 2.05) is 44.2 Å². The van der Waals surface area contributed by atoms with E-state index in [4.69, 9.17) is 9.15 Å². The van der Waals surface area contributed by atoms with E-state index in [1.165, 1.54) is 11.8 Å². The lowest BCUT2D eigenvalue weighted by atomic mass is 10.3. The molecule has 0 atom stereocenters. The zero-order chi connectivity index (χ0) is 16.9. The topological polar surface area (TPSA) is 55.0 Å². The number of thioether (sulfide) groups is 1. The smallest absolute Gasteiger partial charge is 0.266 e. The maximum absolute atomic E-state index is 12.5. The number of rotatable bonds is 5. The summed E-state index contributed by atoms with van der Waals surface area (Å²) in [4.78, 5) is 19.4. The predicted molar refractivity (Wildman–Crippen MR) is 96.4 cm³/mol. The molecule has 2 aromatic rings. The summed E-state index contributed by atoms with van der Waals surface area (Å²) in [5.74, 6) is 1.41. The fraction of sp³-hybridized carbons (Fsp3) is 0.222. The Hall–Kier alpha value is -2.47. The van der Waals surface area contributed by atoms with Gasteiger partial charge >= 0.3 is 0 Å². The summed E-state index contributed by atoms with van der Waals surface area (Å²) in [7, 11) is 0. The van der Waals surface area contributed by atoms with E-state index in [2.05, 4.69) is 4.99 Å². The number of ether oxygens (including phenoxy) is 1. The van der Waals surface area contributed by atoms with Crippen molar-refractivity contribution in [3.05, 3.63) is 53.3 Å². The van der Waals surface area contributed by atoms with Crippen LogP contribution < -0.4 is 4.74 Å². The highest BCUT2D eigenvalue weighted by molar-refractivity contribution is 8.18. The summed E-state index contributed by atoms with van der Waals surface area (Å²) in [5.41, 5.74) is 0.784. The normalized spacial score (nSPS) is 17.9. The SMILES string of the molecule is CCOc1ccc(N=C2S/C(=C/c3ccco3)C(=O)N2CC)cc1. The van der Waals surface area contributed by atoms with Crippen LogP contribution in [0.4, 0.5) is 5.69 Å². The third kappa shape index (κ3) is 3.54. The molecular weight excluding hydrogens is 324 g/mol. The Bertz CT molecular complexity index is 764. The quantitative estimate of drug-likeness (QED) is 0.760. The van der Waals surface area contributed by atoms with E-state index in [1.54, 1.807) is 23.3 Å². The highest BCUT2D eigenvalue weighted by Gasteiger charge is 2.32. The van der Waals surface area contributed by atoms with E-state index in [9.17, 15) is 4.79 Å². The van der Waals surface area contributed by atoms with Crippen molar-refractivity contribution in [1.82, 2.24) is 4.90 Å². The standard InChI is InChI=1S/C18H18N2O3S/c1-3-20-17(21)16(12-15-6-5-11-23-15)24-18(20)19-13-7-9-14(10-8-13)22-4-2/h5-12H,3-4H2,1-2H3/b16-12+,19-18?. The summed E-state index contributed by atoms with van der Waals surface area (Å²) in [5, 5.41) is 0.671. The minimum absolute atomic E-state index is 0.0522. The monoisotopic (exact) mass is 342 g/mol. The van der Waals surface area contributed by atoms with Gasteiger partial charge in [0.1, 0.15) is 11.5 Å². The summed E-state index contributed by atoms with van der Waals surface area (Å²) in [6.07, 6.45) is 3.33. The fourth-order valence-corrected chi connectivity index (χ4v) is 3.31. The van der Waals surface area contributed by atoms with E-state index < -0.39 is 0 Å². The van der Waals surface area contributed by atoms with Crippen LogP contribution in [0.25, 0.3) is 6.08 Å². The molecule has 0 bridgehead atoms. The molecule has 6 heteroatoms. The Kier molecular flexibility index (Phi) is 5.05. The highest BCUT2D eigenvalue weighted by atomic mass is 32.2. The minimum atomic E-state index is -0.0522. The van der Waals surface area contributed by atoms with Crippen LogP contribution in [0.5, 0.6) is 5.75 Å². The van der Waals surface area contributed by atoms with E-state index >= 15 is 0 Å². The van der Waals surface area contributed by atoms with Gasteiger partial charge in [-0.15, -0.1) is 0 Å². The predicted octanol–water partition coefficient (Wildman–Crippen LogP) is 4.30. The molecule has 1 saturated heterocycles. The van der Waals surface area contributed by atoms with Crippen molar-refractivity contribution in [3.8, 4) is 5.75 Å². The summed E-state index contributed by atoms with van der Waals surface area (Å²) in [6, 6.07) is 11.1. The number of carbonyl (C=O) groups excluding carboxylic acids is 1. The lowest BCUT2D eigenvalue weighted by Gasteiger charge is -2.12. The molecular formula is C18H18N2O3S. The van der Waals surface area contributed by atoms with Gasteiger partial charge in [0.05, 0.1) is 23.5 Å². The number of benzene rings is 1. The van der Waals surface area contributed by atoms with Crippen LogP contribution in [0.1, 0.15) is 19.6 Å². The van der Waals surface area contributed by atoms with Gasteiger partial charge < -0.3 is 9.15 Å². The third-order valence-electron chi connectivity index (χ3n) is 3.39. The van der Waals surface area contributed by atoms with Crippen LogP contribution in [0, 0.1) is 0 Å². The fourth-order valence-electron chi connectivity index (χ4n) is 2.27. The first-order valence-corrected chi connectivity index (χ1v) is 8.59. The molecule has 1 fully saturated rings. The summed E-state index contributed by atoms with van der Waals surface area (Å²) in [6.45, 7) is 5.07. The van der Waals surface area contributed by atoms with Crippen LogP contribution in [0.2, 0.25) is 0 Å². The molecule has 1 aromatic heterocycles. The Labute approximate surface area is 145 Å². The van der Waals surface area contributed by atoms with Crippen molar-refractivity contribution >= 4 is 34.6 Å². The van der Waals surface area contributed by atoms with Crippen molar-refractivity contribution < 1.29 is 13.9 Å². The lowest BCUT2D eigenvalue weighted by molar-refractivity contribution is -0.122. The molecule has 5 nitrogen and oxygen atoms in total. The van der Waals surface area contributed by atoms with E-state index in [-0.39, 0.29) is 5.91 Å². The Morgan fingerprint density at radius 2 is 2.04 bits per heavy atom. The van der Waals surface area contributed by atoms with Gasteiger partial charge in [-0.1, -0.05) is 0 Å². The van der Waals surface area contributed by atoms with Crippen molar-refractivity contribution in [2.24, 2.45) is 4.99 Å². The molecule has 0 radical (unpaired) electrons. The summed E-state index contributed by atoms with van der Waals surface area (Å²) < 4.78 is 10.7. The zero-order valence-electron chi connectivity index (χ0n) is 13.6. The maximum Gasteiger partial charge on any atom is 0.266 e. The number of furan rings is 1. The molecule has 1 aromatic carbocycles. The summed E-state index contributed by atoms with van der Waals surface area (Å²) >= 11 is 1.36. The minimum Gasteiger partial charge on any atom is -0.494 e. The van der Waals surface area contributed by atoms with Gasteiger partial charge in [-0.3, -0.25) is 9.69 Å². The molecule has 0 aliphatic carbocycles. The molecule has 2 heterocycles. The number of hydrogen-bond donors (Lipinski definition) is 0. The largest absolute Gasteiger partial charge is 0.494 e. The van der Waals surface area contributed by atoms with Crippen LogP contribution in [-0.2, 0) is 4.79 Å². The third-order valence-corrected chi connectivity index (χ3v) is 4.40. The molecule has 1 aliphatic heterocycles. The maximum atomic E-state index is 12.5. The molecule has 0 N–H and O–H groups in total. The van der Waals surface area contributed by atoms with Crippen molar-refractivity contribution in [3.63, 3.8) is 0 Å². The molecule has 24 heavy (non-hydrogen) atoms. The second-order valence-corrected chi connectivity index (χ2v) is 6.01. The molecule has 0 unspecified atom stereocenters. The molecule has 0 spiro atoms. The molecule has 0 saturated carbocycles. The van der Waals surface area contributed by atoms with Crippen molar-refractivity contribution in [2.45, 2.75) is 13.8 Å². The van der Waals surface area contributed by atoms with Crippen LogP contribution in [0.15, 0.2) is 57.0 Å². The number of amidine groups is 1. The van der Waals surface area contributed by atoms with Crippen LogP contribution >= 0.6 is 11.8 Å². The zero-order valence-corrected chi connectivity index (χ0v) is 14.4. The highest BCUT2D eigenvalue weighted by Crippen LogP contribution is 2.34. The van der Waals surface area contributed by atoms with Crippen molar-refractivity contribution in [1.29, 1.82) is 0 Å². The number of carbonyl (C=O) groups is 1. The average Bonchev–Trinajstić information content (AvgIpc) is 3.19. The lowest BCUT2D eigenvalue weighted by Crippen LogP contribution is -2.28. The van der Waals surface area contributed by atoms with Gasteiger partial charge in [0.25, 0.3) is 5.91 Å². The first-order valence-electron chi connectivity index (χ1n) is 7.77. The van der Waals surface area contributed by atoms with E-state index in [0.717, 1.165) is 11.4 Å². The van der Waals surface area contributed by atoms with Crippen LogP contribution in [-0.4, -0.2) is 29.1 Å². The Morgan fingerprint density at radius 3 is 2.67 bits per heavy atom. The van der Waals surface area contributed by atoms with E-state index in [0.29, 0.717) is 29.0 Å². The molecule has 3 rings (SSSR count). The average molecular weight is 342 g/mol. The Morgan fingerprint density at radius 1 is 1.25 bits per heavy atom.